The van der Waals surface area contributed by atoms with Crippen molar-refractivity contribution in [2.24, 2.45) is 0 Å². The summed E-state index contributed by atoms with van der Waals surface area (Å²) in [5, 5.41) is 1.08. The summed E-state index contributed by atoms with van der Waals surface area (Å²) in [7, 11) is 0. The van der Waals surface area contributed by atoms with Crippen LogP contribution >= 0.6 is 15.9 Å². The maximum atomic E-state index is 3.43. The molecule has 0 aromatic rings. The zero-order valence-electron chi connectivity index (χ0n) is 7.04. The molecule has 0 aliphatic heterocycles. The normalized spacial score (nSPS) is 27.9. The first-order chi connectivity index (χ1) is 5.93. The van der Waals surface area contributed by atoms with Gasteiger partial charge < -0.3 is 0 Å². The third-order valence-electron chi connectivity index (χ3n) is 1.66. The molecule has 1 rings (SSSR count). The lowest BCUT2D eigenvalue weighted by atomic mass is 10.1. The van der Waals surface area contributed by atoms with E-state index in [-0.39, 0.29) is 0 Å². The lowest BCUT2D eigenvalue weighted by Gasteiger charge is -1.98. The number of allylic oxidation sites excluding steroid dienone is 8. The van der Waals surface area contributed by atoms with Crippen LogP contribution in [0.2, 0.25) is 0 Å². The van der Waals surface area contributed by atoms with Crippen LogP contribution in [-0.4, -0.2) is 5.33 Å². The SMILES string of the molecule is BrCCCC1=C\C=C\C=C/C=C\1. The predicted octanol–water partition coefficient (Wildman–Crippen LogP) is 3.77. The van der Waals surface area contributed by atoms with Gasteiger partial charge in [0.1, 0.15) is 0 Å². The molecular weight excluding hydrogens is 212 g/mol. The average Bonchev–Trinajstić information content (AvgIpc) is 2.02. The van der Waals surface area contributed by atoms with Crippen LogP contribution < -0.4 is 0 Å². The third kappa shape index (κ3) is 3.72. The van der Waals surface area contributed by atoms with Gasteiger partial charge in [-0.15, -0.1) is 0 Å². The molecule has 1 aliphatic carbocycles. The van der Waals surface area contributed by atoms with Crippen LogP contribution in [-0.2, 0) is 0 Å². The van der Waals surface area contributed by atoms with Crippen molar-refractivity contribution in [2.75, 3.05) is 5.33 Å². The summed E-state index contributed by atoms with van der Waals surface area (Å²) in [6, 6.07) is 0. The van der Waals surface area contributed by atoms with Crippen molar-refractivity contribution < 1.29 is 0 Å². The number of halogens is 1. The zero-order chi connectivity index (χ0) is 8.65. The van der Waals surface area contributed by atoms with Crippen molar-refractivity contribution in [3.05, 3.63) is 48.1 Å². The molecule has 0 unspecified atom stereocenters. The number of hydrogen-bond donors (Lipinski definition) is 0. The van der Waals surface area contributed by atoms with Gasteiger partial charge in [-0.2, -0.15) is 0 Å². The van der Waals surface area contributed by atoms with E-state index in [9.17, 15) is 0 Å². The van der Waals surface area contributed by atoms with Gasteiger partial charge in [0.2, 0.25) is 0 Å². The largest absolute Gasteiger partial charge is 0.0928 e. The Kier molecular flexibility index (Phi) is 4.77. The summed E-state index contributed by atoms with van der Waals surface area (Å²) in [4.78, 5) is 0. The molecule has 12 heavy (non-hydrogen) atoms. The first-order valence-electron chi connectivity index (χ1n) is 4.20. The number of alkyl halides is 1. The summed E-state index contributed by atoms with van der Waals surface area (Å²) < 4.78 is 0. The second-order valence-corrected chi connectivity index (χ2v) is 3.46. The van der Waals surface area contributed by atoms with Gasteiger partial charge in [-0.1, -0.05) is 58.5 Å². The lowest BCUT2D eigenvalue weighted by Crippen LogP contribution is -1.81. The molecule has 0 amide bonds. The van der Waals surface area contributed by atoms with Crippen molar-refractivity contribution in [1.29, 1.82) is 0 Å². The summed E-state index contributed by atoms with van der Waals surface area (Å²) in [5.74, 6) is 0. The Bertz CT molecular complexity index is 231. The summed E-state index contributed by atoms with van der Waals surface area (Å²) in [6.45, 7) is 0. The summed E-state index contributed by atoms with van der Waals surface area (Å²) in [5.41, 5.74) is 1.40. The quantitative estimate of drug-likeness (QED) is 0.641. The Morgan fingerprint density at radius 2 is 1.75 bits per heavy atom. The van der Waals surface area contributed by atoms with Gasteiger partial charge in [-0.25, -0.2) is 0 Å². The van der Waals surface area contributed by atoms with Crippen LogP contribution in [0.25, 0.3) is 0 Å². The van der Waals surface area contributed by atoms with Gasteiger partial charge in [-0.3, -0.25) is 0 Å². The standard InChI is InChI=1S/C11H13Br/c12-10-6-9-11-7-4-2-1-3-5-8-11/h1-5,7-8H,6,9-10H2/b2-1-,3-1?,4-2?,5-3+,7-4-,8-5?,11-7?,11-8-. The highest BCUT2D eigenvalue weighted by molar-refractivity contribution is 9.09. The molecule has 0 aromatic heterocycles. The average molecular weight is 225 g/mol. The van der Waals surface area contributed by atoms with E-state index in [1.807, 2.05) is 6.08 Å². The van der Waals surface area contributed by atoms with Gasteiger partial charge in [0, 0.05) is 5.33 Å². The molecule has 1 heteroatoms. The molecule has 0 saturated carbocycles. The van der Waals surface area contributed by atoms with Gasteiger partial charge in [0.05, 0.1) is 0 Å². The van der Waals surface area contributed by atoms with Crippen molar-refractivity contribution in [3.63, 3.8) is 0 Å². The van der Waals surface area contributed by atoms with E-state index in [4.69, 9.17) is 0 Å². The fourth-order valence-electron chi connectivity index (χ4n) is 1.04. The highest BCUT2D eigenvalue weighted by Gasteiger charge is 1.90. The van der Waals surface area contributed by atoms with Gasteiger partial charge >= 0.3 is 0 Å². The van der Waals surface area contributed by atoms with Crippen LogP contribution in [0.4, 0.5) is 0 Å². The van der Waals surface area contributed by atoms with E-state index in [2.05, 4.69) is 52.4 Å². The molecule has 0 aromatic carbocycles. The van der Waals surface area contributed by atoms with Crippen molar-refractivity contribution >= 4 is 15.9 Å². The van der Waals surface area contributed by atoms with Crippen LogP contribution in [0.5, 0.6) is 0 Å². The first-order valence-corrected chi connectivity index (χ1v) is 5.32. The molecule has 0 heterocycles. The van der Waals surface area contributed by atoms with Crippen molar-refractivity contribution in [1.82, 2.24) is 0 Å². The van der Waals surface area contributed by atoms with E-state index in [0.29, 0.717) is 0 Å². The minimum atomic E-state index is 1.08. The van der Waals surface area contributed by atoms with Gasteiger partial charge in [0.25, 0.3) is 0 Å². The van der Waals surface area contributed by atoms with Gasteiger partial charge in [0.15, 0.2) is 0 Å². The van der Waals surface area contributed by atoms with Gasteiger partial charge in [-0.05, 0) is 18.4 Å². The first kappa shape index (κ1) is 9.53. The van der Waals surface area contributed by atoms with Crippen LogP contribution in [0.3, 0.4) is 0 Å². The molecule has 0 atom stereocenters. The molecule has 0 radical (unpaired) electrons. The molecule has 0 N–H and O–H groups in total. The van der Waals surface area contributed by atoms with E-state index < -0.39 is 0 Å². The van der Waals surface area contributed by atoms with E-state index in [1.54, 1.807) is 0 Å². The fourth-order valence-corrected chi connectivity index (χ4v) is 1.32. The molecule has 1 aliphatic rings. The highest BCUT2D eigenvalue weighted by atomic mass is 79.9. The third-order valence-corrected chi connectivity index (χ3v) is 2.22. The second kappa shape index (κ2) is 6.01. The fraction of sp³-hybridized carbons (Fsp3) is 0.273. The smallest absolute Gasteiger partial charge is 0.00344 e. The Labute approximate surface area is 82.5 Å². The zero-order valence-corrected chi connectivity index (χ0v) is 8.63. The van der Waals surface area contributed by atoms with Crippen LogP contribution in [0.1, 0.15) is 12.8 Å². The second-order valence-electron chi connectivity index (χ2n) is 2.66. The minimum absolute atomic E-state index is 1.08. The number of hydrogen-bond acceptors (Lipinski definition) is 0. The Morgan fingerprint density at radius 1 is 1.00 bits per heavy atom. The molecule has 64 valence electrons. The van der Waals surface area contributed by atoms with Crippen molar-refractivity contribution in [2.45, 2.75) is 12.8 Å². The van der Waals surface area contributed by atoms with Crippen LogP contribution in [0.15, 0.2) is 48.1 Å². The topological polar surface area (TPSA) is 0 Å². The maximum absolute atomic E-state index is 3.43. The Hall–Kier alpha value is -0.560. The van der Waals surface area contributed by atoms with E-state index >= 15 is 0 Å². The molecule has 0 nitrogen and oxygen atoms in total. The highest BCUT2D eigenvalue weighted by Crippen LogP contribution is 2.09. The summed E-state index contributed by atoms with van der Waals surface area (Å²) in [6.07, 6.45) is 17.0. The molecular formula is C11H13Br. The molecule has 0 bridgehead atoms. The predicted molar refractivity (Wildman–Crippen MR) is 58.5 cm³/mol. The molecule has 0 saturated heterocycles. The monoisotopic (exact) mass is 224 g/mol. The summed E-state index contributed by atoms with van der Waals surface area (Å²) >= 11 is 3.43. The van der Waals surface area contributed by atoms with E-state index in [0.717, 1.165) is 11.8 Å². The van der Waals surface area contributed by atoms with Crippen molar-refractivity contribution in [3.8, 4) is 0 Å². The molecule has 0 spiro atoms. The number of rotatable bonds is 3. The molecule has 0 fully saturated rings. The Balaban J connectivity index is 2.50. The lowest BCUT2D eigenvalue weighted by molar-refractivity contribution is 0.944. The minimum Gasteiger partial charge on any atom is -0.0928 e. The van der Waals surface area contributed by atoms with E-state index in [1.165, 1.54) is 12.0 Å². The van der Waals surface area contributed by atoms with Crippen LogP contribution in [0, 0.1) is 0 Å². The maximum Gasteiger partial charge on any atom is 0.00344 e. The Morgan fingerprint density at radius 3 is 2.58 bits per heavy atom.